The maximum atomic E-state index is 12.0. The lowest BCUT2D eigenvalue weighted by Gasteiger charge is -2.04. The van der Waals surface area contributed by atoms with Gasteiger partial charge in [0.05, 0.1) is 18.2 Å². The predicted octanol–water partition coefficient (Wildman–Crippen LogP) is 5.07. The lowest BCUT2D eigenvalue weighted by atomic mass is 10.1. The number of methoxy groups -OCH3 is 1. The summed E-state index contributed by atoms with van der Waals surface area (Å²) in [7, 11) is 1.35. The van der Waals surface area contributed by atoms with E-state index < -0.39 is 5.97 Å². The van der Waals surface area contributed by atoms with E-state index in [2.05, 4.69) is 4.98 Å². The number of oxazole rings is 1. The molecule has 0 amide bonds. The summed E-state index contributed by atoms with van der Waals surface area (Å²) < 4.78 is 16.5. The summed E-state index contributed by atoms with van der Waals surface area (Å²) in [6.07, 6.45) is 0. The molecule has 4 aromatic rings. The van der Waals surface area contributed by atoms with E-state index in [1.165, 1.54) is 7.11 Å². The first-order valence-electron chi connectivity index (χ1n) is 8.06. The standard InChI is InChI=1S/C21H15NO4/c1-24-21(23)17-10-6-5-9-16(17)20-22-18-12-11-15(13-19(18)26-20)25-14-7-3-2-4-8-14/h2-13H,1H3. The molecule has 26 heavy (non-hydrogen) atoms. The third kappa shape index (κ3) is 3.02. The smallest absolute Gasteiger partial charge is 0.338 e. The van der Waals surface area contributed by atoms with Gasteiger partial charge in [-0.25, -0.2) is 9.78 Å². The Morgan fingerprint density at radius 2 is 1.69 bits per heavy atom. The fourth-order valence-electron chi connectivity index (χ4n) is 2.67. The first kappa shape index (κ1) is 15.9. The number of carbonyl (C=O) groups excluding carboxylic acids is 1. The molecule has 0 saturated carbocycles. The molecule has 0 unspecified atom stereocenters. The van der Waals surface area contributed by atoms with Gasteiger partial charge < -0.3 is 13.9 Å². The highest BCUT2D eigenvalue weighted by atomic mass is 16.5. The Kier molecular flexibility index (Phi) is 4.11. The second-order valence-electron chi connectivity index (χ2n) is 5.60. The van der Waals surface area contributed by atoms with E-state index in [1.807, 2.05) is 48.5 Å². The zero-order valence-corrected chi connectivity index (χ0v) is 14.0. The van der Waals surface area contributed by atoms with Gasteiger partial charge in [0.25, 0.3) is 0 Å². The molecular weight excluding hydrogens is 330 g/mol. The van der Waals surface area contributed by atoms with Crippen LogP contribution in [0.1, 0.15) is 10.4 Å². The normalized spacial score (nSPS) is 10.7. The lowest BCUT2D eigenvalue weighted by Crippen LogP contribution is -2.03. The predicted molar refractivity (Wildman–Crippen MR) is 97.3 cm³/mol. The number of para-hydroxylation sites is 1. The Bertz CT molecular complexity index is 1070. The van der Waals surface area contributed by atoms with E-state index in [4.69, 9.17) is 13.9 Å². The Morgan fingerprint density at radius 3 is 2.50 bits per heavy atom. The summed E-state index contributed by atoms with van der Waals surface area (Å²) >= 11 is 0. The topological polar surface area (TPSA) is 61.6 Å². The number of esters is 1. The van der Waals surface area contributed by atoms with Gasteiger partial charge in [0.15, 0.2) is 5.58 Å². The Morgan fingerprint density at radius 1 is 0.923 bits per heavy atom. The average molecular weight is 345 g/mol. The number of nitrogens with zero attached hydrogens (tertiary/aromatic N) is 1. The van der Waals surface area contributed by atoms with Gasteiger partial charge in [-0.2, -0.15) is 0 Å². The van der Waals surface area contributed by atoms with Gasteiger partial charge in [-0.15, -0.1) is 0 Å². The molecule has 3 aromatic carbocycles. The number of hydrogen-bond donors (Lipinski definition) is 0. The average Bonchev–Trinajstić information content (AvgIpc) is 3.11. The van der Waals surface area contributed by atoms with Crippen LogP contribution in [0.4, 0.5) is 0 Å². The number of aromatic nitrogens is 1. The molecule has 0 aliphatic heterocycles. The number of hydrogen-bond acceptors (Lipinski definition) is 5. The van der Waals surface area contributed by atoms with Crippen LogP contribution in [0.25, 0.3) is 22.6 Å². The van der Waals surface area contributed by atoms with Gasteiger partial charge in [-0.3, -0.25) is 0 Å². The molecule has 5 nitrogen and oxygen atoms in total. The van der Waals surface area contributed by atoms with Crippen molar-refractivity contribution in [2.75, 3.05) is 7.11 Å². The van der Waals surface area contributed by atoms with Crippen LogP contribution in [0.15, 0.2) is 77.2 Å². The molecular formula is C21H15NO4. The van der Waals surface area contributed by atoms with Gasteiger partial charge >= 0.3 is 5.97 Å². The van der Waals surface area contributed by atoms with E-state index in [-0.39, 0.29) is 0 Å². The quantitative estimate of drug-likeness (QED) is 0.483. The van der Waals surface area contributed by atoms with Crippen molar-refractivity contribution < 1.29 is 18.7 Å². The van der Waals surface area contributed by atoms with Crippen molar-refractivity contribution in [3.05, 3.63) is 78.4 Å². The summed E-state index contributed by atoms with van der Waals surface area (Å²) in [6, 6.07) is 22.0. The van der Waals surface area contributed by atoms with E-state index >= 15 is 0 Å². The van der Waals surface area contributed by atoms with Crippen LogP contribution >= 0.6 is 0 Å². The highest BCUT2D eigenvalue weighted by molar-refractivity contribution is 5.96. The van der Waals surface area contributed by atoms with Crippen LogP contribution in [0.5, 0.6) is 11.5 Å². The third-order valence-corrected chi connectivity index (χ3v) is 3.90. The molecule has 4 rings (SSSR count). The molecule has 0 N–H and O–H groups in total. The van der Waals surface area contributed by atoms with Crippen LogP contribution < -0.4 is 4.74 Å². The lowest BCUT2D eigenvalue weighted by molar-refractivity contribution is 0.0601. The summed E-state index contributed by atoms with van der Waals surface area (Å²) in [6.45, 7) is 0. The van der Waals surface area contributed by atoms with Crippen molar-refractivity contribution >= 4 is 17.1 Å². The first-order valence-corrected chi connectivity index (χ1v) is 8.06. The van der Waals surface area contributed by atoms with Crippen molar-refractivity contribution in [1.29, 1.82) is 0 Å². The number of ether oxygens (including phenoxy) is 2. The first-order chi connectivity index (χ1) is 12.7. The number of rotatable bonds is 4. The van der Waals surface area contributed by atoms with Gasteiger partial charge in [0.1, 0.15) is 17.0 Å². The maximum Gasteiger partial charge on any atom is 0.338 e. The molecule has 0 bridgehead atoms. The molecule has 5 heteroatoms. The minimum absolute atomic E-state index is 0.359. The molecule has 1 aromatic heterocycles. The van der Waals surface area contributed by atoms with Crippen molar-refractivity contribution in [2.45, 2.75) is 0 Å². The van der Waals surface area contributed by atoms with Gasteiger partial charge in [0, 0.05) is 6.07 Å². The summed E-state index contributed by atoms with van der Waals surface area (Å²) in [5, 5.41) is 0. The maximum absolute atomic E-state index is 12.0. The van der Waals surface area contributed by atoms with Crippen molar-refractivity contribution in [3.63, 3.8) is 0 Å². The van der Waals surface area contributed by atoms with Crippen LogP contribution in [-0.4, -0.2) is 18.1 Å². The van der Waals surface area contributed by atoms with E-state index in [1.54, 1.807) is 24.3 Å². The van der Waals surface area contributed by atoms with Crippen LogP contribution in [0, 0.1) is 0 Å². The zero-order chi connectivity index (χ0) is 17.9. The van der Waals surface area contributed by atoms with Crippen LogP contribution in [0.2, 0.25) is 0 Å². The fraction of sp³-hybridized carbons (Fsp3) is 0.0476. The van der Waals surface area contributed by atoms with Crippen molar-refractivity contribution in [3.8, 4) is 23.0 Å². The largest absolute Gasteiger partial charge is 0.465 e. The van der Waals surface area contributed by atoms with E-state index in [9.17, 15) is 4.79 Å². The second-order valence-corrected chi connectivity index (χ2v) is 5.60. The van der Waals surface area contributed by atoms with Gasteiger partial charge in [-0.1, -0.05) is 30.3 Å². The molecule has 0 fully saturated rings. The highest BCUT2D eigenvalue weighted by Crippen LogP contribution is 2.30. The fourth-order valence-corrected chi connectivity index (χ4v) is 2.67. The van der Waals surface area contributed by atoms with Crippen LogP contribution in [-0.2, 0) is 4.74 Å². The molecule has 0 saturated heterocycles. The van der Waals surface area contributed by atoms with E-state index in [0.717, 1.165) is 5.75 Å². The van der Waals surface area contributed by atoms with E-state index in [0.29, 0.717) is 33.9 Å². The third-order valence-electron chi connectivity index (χ3n) is 3.90. The minimum Gasteiger partial charge on any atom is -0.465 e. The van der Waals surface area contributed by atoms with Crippen LogP contribution in [0.3, 0.4) is 0 Å². The molecule has 0 aliphatic carbocycles. The Labute approximate surface area is 149 Å². The SMILES string of the molecule is COC(=O)c1ccccc1-c1nc2ccc(Oc3ccccc3)cc2o1. The Balaban J connectivity index is 1.72. The highest BCUT2D eigenvalue weighted by Gasteiger charge is 2.17. The summed E-state index contributed by atoms with van der Waals surface area (Å²) in [5.74, 6) is 1.31. The second kappa shape index (κ2) is 6.72. The monoisotopic (exact) mass is 345 g/mol. The molecule has 128 valence electrons. The van der Waals surface area contributed by atoms with Gasteiger partial charge in [-0.05, 0) is 36.4 Å². The molecule has 0 aliphatic rings. The minimum atomic E-state index is -0.434. The number of fused-ring (bicyclic) bond motifs is 1. The molecule has 0 radical (unpaired) electrons. The summed E-state index contributed by atoms with van der Waals surface area (Å²) in [5.41, 5.74) is 2.25. The van der Waals surface area contributed by atoms with Gasteiger partial charge in [0.2, 0.25) is 5.89 Å². The number of benzene rings is 3. The summed E-state index contributed by atoms with van der Waals surface area (Å²) in [4.78, 5) is 16.4. The molecule has 0 spiro atoms. The van der Waals surface area contributed by atoms with Crippen molar-refractivity contribution in [1.82, 2.24) is 4.98 Å². The Hall–Kier alpha value is -3.60. The van der Waals surface area contributed by atoms with Crippen molar-refractivity contribution in [2.24, 2.45) is 0 Å². The number of carbonyl (C=O) groups is 1. The molecule has 1 heterocycles. The zero-order valence-electron chi connectivity index (χ0n) is 14.0. The molecule has 0 atom stereocenters.